The van der Waals surface area contributed by atoms with Crippen molar-refractivity contribution in [3.05, 3.63) is 0 Å². The molecule has 0 aromatic heterocycles. The van der Waals surface area contributed by atoms with E-state index >= 15 is 0 Å². The minimum absolute atomic E-state index is 0.461. The molecule has 0 heterocycles. The largest absolute Gasteiger partial charge is 0.379 e. The van der Waals surface area contributed by atoms with Gasteiger partial charge in [-0.15, -0.1) is 0 Å². The predicted molar refractivity (Wildman–Crippen MR) is 52.2 cm³/mol. The molecule has 0 aliphatic carbocycles. The third kappa shape index (κ3) is 5.11. The smallest absolute Gasteiger partial charge is 0.341 e. The zero-order chi connectivity index (χ0) is 11.6. The summed E-state index contributed by atoms with van der Waals surface area (Å²) in [6.45, 7) is 0. The summed E-state index contributed by atoms with van der Waals surface area (Å²) < 4.78 is 21.3. The lowest BCUT2D eigenvalue weighted by molar-refractivity contribution is 0.343. The summed E-state index contributed by atoms with van der Waals surface area (Å²) in [7, 11) is -9.78. The third-order valence-corrected chi connectivity index (χ3v) is 6.19. The number of rotatable bonds is 4. The topological polar surface area (TPSA) is 165 Å². The molecule has 8 nitrogen and oxygen atoms in total. The van der Waals surface area contributed by atoms with Crippen LogP contribution in [0, 0.1) is 5.41 Å². The highest BCUT2D eigenvalue weighted by molar-refractivity contribution is 8.14. The quantitative estimate of drug-likeness (QED) is 0.220. The number of hydrogen-bond donors (Lipinski definition) is 6. The Kier molecular flexibility index (Phi) is 4.80. The van der Waals surface area contributed by atoms with E-state index in [1.807, 2.05) is 0 Å². The van der Waals surface area contributed by atoms with E-state index in [1.54, 1.807) is 0 Å². The molecule has 11 heteroatoms. The van der Waals surface area contributed by atoms with Crippen LogP contribution in [0.3, 0.4) is 0 Å². The van der Waals surface area contributed by atoms with E-state index in [-0.39, 0.29) is 0 Å². The van der Waals surface area contributed by atoms with Gasteiger partial charge in [-0.25, -0.2) is 0 Å². The SMILES string of the molecule is N=C(N)SCC(P(=O)(O)O)P(=O)(O)O. The highest BCUT2D eigenvalue weighted by atomic mass is 32.2. The van der Waals surface area contributed by atoms with Gasteiger partial charge in [-0.3, -0.25) is 14.5 Å². The van der Waals surface area contributed by atoms with Gasteiger partial charge in [-0.2, -0.15) is 0 Å². The van der Waals surface area contributed by atoms with Crippen LogP contribution in [0.4, 0.5) is 0 Å². The average Bonchev–Trinajstić information content (AvgIpc) is 1.78. The first kappa shape index (κ1) is 14.1. The van der Waals surface area contributed by atoms with Gasteiger partial charge in [0.25, 0.3) is 0 Å². The van der Waals surface area contributed by atoms with E-state index in [9.17, 15) is 9.13 Å². The Labute approximate surface area is 83.7 Å². The zero-order valence-electron chi connectivity index (χ0n) is 6.77. The summed E-state index contributed by atoms with van der Waals surface area (Å²) in [4.78, 5) is 34.5. The molecule has 14 heavy (non-hydrogen) atoms. The fraction of sp³-hybridized carbons (Fsp3) is 0.667. The molecule has 0 spiro atoms. The first-order chi connectivity index (χ1) is 6.05. The minimum atomic E-state index is -4.89. The molecular weight excluding hydrogens is 254 g/mol. The van der Waals surface area contributed by atoms with Crippen LogP contribution >= 0.6 is 27.0 Å². The van der Waals surface area contributed by atoms with E-state index in [0.29, 0.717) is 11.8 Å². The zero-order valence-corrected chi connectivity index (χ0v) is 9.38. The summed E-state index contributed by atoms with van der Waals surface area (Å²) in [6.07, 6.45) is 0. The Bertz CT molecular complexity index is 286. The molecule has 0 atom stereocenters. The second-order valence-electron chi connectivity index (χ2n) is 2.33. The van der Waals surface area contributed by atoms with Crippen molar-refractivity contribution >= 4 is 32.1 Å². The maximum atomic E-state index is 10.7. The van der Waals surface area contributed by atoms with Crippen molar-refractivity contribution in [1.29, 1.82) is 5.41 Å². The maximum absolute atomic E-state index is 10.7. The lowest BCUT2D eigenvalue weighted by atomic mass is 10.9. The van der Waals surface area contributed by atoms with Crippen molar-refractivity contribution in [2.24, 2.45) is 5.73 Å². The lowest BCUT2D eigenvalue weighted by Gasteiger charge is -2.18. The monoisotopic (exact) mass is 264 g/mol. The Morgan fingerprint density at radius 3 is 1.86 bits per heavy atom. The van der Waals surface area contributed by atoms with Gasteiger partial charge < -0.3 is 25.3 Å². The number of thioether (sulfide) groups is 1. The van der Waals surface area contributed by atoms with Gasteiger partial charge in [0.1, 0.15) is 0 Å². The van der Waals surface area contributed by atoms with Crippen LogP contribution in [-0.2, 0) is 9.13 Å². The Balaban J connectivity index is 4.69. The van der Waals surface area contributed by atoms with Gasteiger partial charge in [-0.1, -0.05) is 11.8 Å². The molecule has 0 amide bonds. The van der Waals surface area contributed by atoms with Crippen LogP contribution in [0.1, 0.15) is 0 Å². The first-order valence-electron chi connectivity index (χ1n) is 3.12. The second-order valence-corrected chi connectivity index (χ2v) is 7.41. The van der Waals surface area contributed by atoms with Crippen molar-refractivity contribution in [1.82, 2.24) is 0 Å². The number of hydrogen-bond acceptors (Lipinski definition) is 4. The molecule has 0 saturated carbocycles. The Morgan fingerprint density at radius 2 is 1.64 bits per heavy atom. The molecule has 0 unspecified atom stereocenters. The average molecular weight is 264 g/mol. The van der Waals surface area contributed by atoms with Crippen LogP contribution in [0.15, 0.2) is 0 Å². The third-order valence-electron chi connectivity index (χ3n) is 1.16. The van der Waals surface area contributed by atoms with Crippen molar-refractivity contribution in [2.75, 3.05) is 5.75 Å². The molecule has 0 radical (unpaired) electrons. The van der Waals surface area contributed by atoms with E-state index in [4.69, 9.17) is 30.7 Å². The molecule has 84 valence electrons. The van der Waals surface area contributed by atoms with Gasteiger partial charge >= 0.3 is 15.2 Å². The number of amidine groups is 1. The summed E-state index contributed by atoms with van der Waals surface area (Å²) in [6, 6.07) is 0. The number of nitrogens with two attached hydrogens (primary N) is 1. The van der Waals surface area contributed by atoms with Crippen molar-refractivity contribution < 1.29 is 28.7 Å². The van der Waals surface area contributed by atoms with Gasteiger partial charge in [0.05, 0.1) is 0 Å². The molecule has 0 aromatic carbocycles. The standard InChI is InChI=1S/C3H10N2O6P2S/c4-3(5)14-1-2(12(6,7)8)13(9,10)11/h2H,1H2,(H3,4,5)(H2,6,7,8)(H2,9,10,11). The lowest BCUT2D eigenvalue weighted by Crippen LogP contribution is -2.15. The van der Waals surface area contributed by atoms with E-state index in [0.717, 1.165) is 0 Å². The summed E-state index contributed by atoms with van der Waals surface area (Å²) in [5.41, 5.74) is 4.87. The van der Waals surface area contributed by atoms with Gasteiger partial charge in [0.2, 0.25) is 0 Å². The van der Waals surface area contributed by atoms with E-state index in [1.165, 1.54) is 0 Å². The fourth-order valence-corrected chi connectivity index (χ4v) is 4.45. The highest BCUT2D eigenvalue weighted by Gasteiger charge is 2.43. The summed E-state index contributed by atoms with van der Waals surface area (Å²) in [5, 5.41) is 4.16. The minimum Gasteiger partial charge on any atom is -0.379 e. The van der Waals surface area contributed by atoms with Crippen LogP contribution < -0.4 is 5.73 Å². The Hall–Kier alpha value is 0.120. The molecular formula is C3H10N2O6P2S. The second kappa shape index (κ2) is 4.76. The molecule has 0 aliphatic rings. The molecule has 7 N–H and O–H groups in total. The highest BCUT2D eigenvalue weighted by Crippen LogP contribution is 2.60. The van der Waals surface area contributed by atoms with Gasteiger partial charge in [0, 0.05) is 5.75 Å². The fourth-order valence-electron chi connectivity index (χ4n) is 0.554. The van der Waals surface area contributed by atoms with Gasteiger partial charge in [0.15, 0.2) is 10.6 Å². The number of nitrogens with one attached hydrogen (secondary N) is 1. The summed E-state index contributed by atoms with van der Waals surface area (Å²) in [5.74, 6) is -0.593. The van der Waals surface area contributed by atoms with Crippen LogP contribution in [0.2, 0.25) is 0 Å². The molecule has 0 saturated heterocycles. The van der Waals surface area contributed by atoms with Crippen LogP contribution in [-0.4, -0.2) is 35.9 Å². The predicted octanol–water partition coefficient (Wildman–Crippen LogP) is -0.705. The molecule has 0 aliphatic heterocycles. The van der Waals surface area contributed by atoms with Crippen molar-refractivity contribution in [2.45, 2.75) is 5.40 Å². The normalized spacial score (nSPS) is 13.2. The molecule has 0 aromatic rings. The van der Waals surface area contributed by atoms with Crippen molar-refractivity contribution in [3.63, 3.8) is 0 Å². The van der Waals surface area contributed by atoms with E-state index < -0.39 is 31.5 Å². The molecule has 0 bridgehead atoms. The van der Waals surface area contributed by atoms with Crippen molar-refractivity contribution in [3.8, 4) is 0 Å². The maximum Gasteiger partial charge on any atom is 0.341 e. The van der Waals surface area contributed by atoms with Crippen LogP contribution in [0.25, 0.3) is 0 Å². The molecule has 0 rings (SSSR count). The first-order valence-corrected chi connectivity index (χ1v) is 7.47. The Morgan fingerprint density at radius 1 is 1.29 bits per heavy atom. The van der Waals surface area contributed by atoms with Gasteiger partial charge in [-0.05, 0) is 0 Å². The van der Waals surface area contributed by atoms with Crippen LogP contribution in [0.5, 0.6) is 0 Å². The molecule has 0 fully saturated rings. The summed E-state index contributed by atoms with van der Waals surface area (Å²) >= 11 is 0.470. The van der Waals surface area contributed by atoms with E-state index in [2.05, 4.69) is 0 Å².